The second-order valence-corrected chi connectivity index (χ2v) is 3.53. The number of imidazole rings is 1. The number of fused-ring (bicyclic) bond motifs is 1. The van der Waals surface area contributed by atoms with Gasteiger partial charge in [0.05, 0.1) is 21.1 Å². The minimum absolute atomic E-state index is 0.448. The first-order valence-corrected chi connectivity index (χ1v) is 4.35. The van der Waals surface area contributed by atoms with Gasteiger partial charge in [0.2, 0.25) is 0 Å². The Balaban J connectivity index is 2.83. The zero-order chi connectivity index (χ0) is 8.72. The average molecular weight is 222 g/mol. The molecule has 1 aromatic carbocycles. The monoisotopic (exact) mass is 221 g/mol. The number of halogens is 3. The molecule has 0 radical (unpaired) electrons. The Bertz CT molecular complexity index is 396. The Hall–Kier alpha value is -0.440. The first-order chi connectivity index (χ1) is 5.66. The number of nitrogens with zero attached hydrogens (tertiary/aromatic N) is 1. The van der Waals surface area contributed by atoms with Crippen molar-refractivity contribution in [3.05, 3.63) is 27.5 Å². The topological polar surface area (TPSA) is 28.7 Å². The third-order valence-electron chi connectivity index (χ3n) is 1.50. The number of aromatic nitrogens is 2. The number of benzene rings is 1. The molecule has 62 valence electrons. The number of rotatable bonds is 0. The predicted octanol–water partition coefficient (Wildman–Crippen LogP) is 2.57. The fourth-order valence-corrected chi connectivity index (χ4v) is 1.51. The molecule has 12 heavy (non-hydrogen) atoms. The van der Waals surface area contributed by atoms with Gasteiger partial charge >= 0.3 is 5.28 Å². The molecule has 0 saturated carbocycles. The van der Waals surface area contributed by atoms with Crippen molar-refractivity contribution in [3.63, 3.8) is 0 Å². The number of hydrogen-bond acceptors (Lipinski definition) is 1. The number of nitrogens with one attached hydrogen (secondary N) is 1. The van der Waals surface area contributed by atoms with E-state index in [1.165, 1.54) is 0 Å². The van der Waals surface area contributed by atoms with Crippen molar-refractivity contribution >= 4 is 34.2 Å². The van der Waals surface area contributed by atoms with Gasteiger partial charge in [0, 0.05) is 0 Å². The fourth-order valence-electron chi connectivity index (χ4n) is 0.982. The van der Waals surface area contributed by atoms with Crippen LogP contribution in [0.25, 0.3) is 11.0 Å². The number of H-pyrrole nitrogens is 1. The van der Waals surface area contributed by atoms with E-state index >= 15 is 0 Å². The van der Waals surface area contributed by atoms with E-state index in [1.54, 1.807) is 12.1 Å². The Labute approximate surface area is 83.5 Å². The highest BCUT2D eigenvalue weighted by Crippen LogP contribution is 2.26. The summed E-state index contributed by atoms with van der Waals surface area (Å²) in [6.45, 7) is 0. The molecule has 2 rings (SSSR count). The van der Waals surface area contributed by atoms with Gasteiger partial charge in [-0.3, -0.25) is 4.98 Å². The lowest BCUT2D eigenvalue weighted by Crippen LogP contribution is -1.71. The molecule has 0 unspecified atom stereocenters. The van der Waals surface area contributed by atoms with E-state index in [-0.39, 0.29) is 0 Å². The van der Waals surface area contributed by atoms with Crippen LogP contribution in [0.15, 0.2) is 12.1 Å². The van der Waals surface area contributed by atoms with Gasteiger partial charge in [0.25, 0.3) is 0 Å². The molecule has 0 amide bonds. The van der Waals surface area contributed by atoms with E-state index in [4.69, 9.17) is 34.8 Å². The average Bonchev–Trinajstić information content (AvgIpc) is 2.30. The van der Waals surface area contributed by atoms with Gasteiger partial charge in [-0.1, -0.05) is 23.2 Å². The molecule has 0 bridgehead atoms. The summed E-state index contributed by atoms with van der Waals surface area (Å²) < 4.78 is 0. The summed E-state index contributed by atoms with van der Waals surface area (Å²) in [4.78, 5) is 6.92. The van der Waals surface area contributed by atoms with Gasteiger partial charge in [-0.2, -0.15) is 4.98 Å². The van der Waals surface area contributed by atoms with Crippen molar-refractivity contribution in [1.29, 1.82) is 0 Å². The maximum absolute atomic E-state index is 5.78. The van der Waals surface area contributed by atoms with E-state index in [0.29, 0.717) is 15.3 Å². The van der Waals surface area contributed by atoms with Gasteiger partial charge in [-0.25, -0.2) is 0 Å². The predicted molar refractivity (Wildman–Crippen MR) is 46.7 cm³/mol. The summed E-state index contributed by atoms with van der Waals surface area (Å²) >= 11 is 16.4. The Morgan fingerprint density at radius 3 is 2.67 bits per heavy atom. The van der Waals surface area contributed by atoms with E-state index in [0.717, 1.165) is 11.0 Å². The second kappa shape index (κ2) is 2.80. The zero-order valence-corrected chi connectivity index (χ0v) is 8.09. The van der Waals surface area contributed by atoms with Gasteiger partial charge in [0.15, 0.2) is 11.6 Å². The van der Waals surface area contributed by atoms with Crippen LogP contribution >= 0.6 is 23.2 Å². The summed E-state index contributed by atoms with van der Waals surface area (Å²) in [5.41, 5.74) is 1.56. The van der Waals surface area contributed by atoms with Gasteiger partial charge in [-0.15, -0.1) is 0 Å². The third kappa shape index (κ3) is 1.26. The van der Waals surface area contributed by atoms with Gasteiger partial charge in [-0.05, 0) is 12.1 Å². The van der Waals surface area contributed by atoms with Gasteiger partial charge < -0.3 is 0 Å². The lowest BCUT2D eigenvalue weighted by atomic mass is 10.3. The molecule has 0 aliphatic rings. The summed E-state index contributed by atoms with van der Waals surface area (Å²) in [5.74, 6) is 0. The quantitative estimate of drug-likeness (QED) is 0.729. The first kappa shape index (κ1) is 8.17. The van der Waals surface area contributed by atoms with Crippen molar-refractivity contribution in [3.8, 4) is 0 Å². The lowest BCUT2D eigenvalue weighted by molar-refractivity contribution is -0.302. The molecule has 0 saturated heterocycles. The molecule has 0 aliphatic carbocycles. The van der Waals surface area contributed by atoms with Crippen LogP contribution in [0.1, 0.15) is 0 Å². The second-order valence-electron chi connectivity index (χ2n) is 2.33. The first-order valence-electron chi connectivity index (χ1n) is 3.18. The lowest BCUT2D eigenvalue weighted by Gasteiger charge is -1.92. The van der Waals surface area contributed by atoms with Gasteiger partial charge in [0.1, 0.15) is 0 Å². The molecular weight excluding hydrogens is 218 g/mol. The minimum Gasteiger partial charge on any atom is -0.288 e. The van der Waals surface area contributed by atoms with Crippen LogP contribution in [-0.2, 0) is 0 Å². The Kier molecular flexibility index (Phi) is 1.91. The highest BCUT2D eigenvalue weighted by molar-refractivity contribution is 6.42. The molecule has 2 nitrogen and oxygen atoms in total. The molecule has 2 aromatic rings. The third-order valence-corrected chi connectivity index (χ3v) is 2.42. The zero-order valence-electron chi connectivity index (χ0n) is 5.77. The van der Waals surface area contributed by atoms with Crippen LogP contribution in [0.5, 0.6) is 0 Å². The van der Waals surface area contributed by atoms with E-state index in [1.807, 2.05) is 0 Å². The van der Waals surface area contributed by atoms with E-state index in [9.17, 15) is 0 Å². The summed E-state index contributed by atoms with van der Waals surface area (Å²) in [6.07, 6.45) is 0. The Morgan fingerprint density at radius 1 is 1.25 bits per heavy atom. The highest BCUT2D eigenvalue weighted by atomic mass is 35.5. The molecule has 1 N–H and O–H groups in total. The van der Waals surface area contributed by atoms with Crippen LogP contribution in [0.3, 0.4) is 0 Å². The van der Waals surface area contributed by atoms with Crippen LogP contribution in [0, 0.1) is 11.6 Å². The van der Waals surface area contributed by atoms with Crippen LogP contribution < -0.4 is 0 Å². The van der Waals surface area contributed by atoms with E-state index in [2.05, 4.69) is 9.97 Å². The fraction of sp³-hybridized carbons (Fsp3) is 0. The van der Waals surface area contributed by atoms with Crippen LogP contribution in [0.4, 0.5) is 0 Å². The van der Waals surface area contributed by atoms with Crippen LogP contribution in [-0.4, -0.2) is 9.97 Å². The van der Waals surface area contributed by atoms with E-state index < -0.39 is 0 Å². The maximum atomic E-state index is 5.78. The maximum Gasteiger partial charge on any atom is 0.396 e. The van der Waals surface area contributed by atoms with Crippen molar-refractivity contribution in [1.82, 2.24) is 9.97 Å². The standard InChI is InChI=1S/C7H4Cl3N2/c8-3-1-5-6(2-4(3)9)12-7(10)11-5/h1-2,10H,(H,11,12)/q+1. The van der Waals surface area contributed by atoms with Crippen molar-refractivity contribution in [2.45, 2.75) is 0 Å². The van der Waals surface area contributed by atoms with Crippen molar-refractivity contribution in [2.75, 3.05) is 0 Å². The minimum atomic E-state index is 0.448. The smallest absolute Gasteiger partial charge is 0.288 e. The molecule has 0 aliphatic heterocycles. The number of aromatic amines is 1. The summed E-state index contributed by atoms with van der Waals surface area (Å²) in [7, 11) is 0. The number of hydrogen-bond donors (Lipinski definition) is 1. The molecular formula is C7H4Cl3N2+. The van der Waals surface area contributed by atoms with Crippen molar-refractivity contribution < 1.29 is 11.6 Å². The molecule has 0 fully saturated rings. The van der Waals surface area contributed by atoms with Crippen LogP contribution in [0.2, 0.25) is 15.3 Å². The molecule has 0 spiro atoms. The SMILES string of the molecule is Clc1cc2nc([ClH+])[nH]c2cc1Cl. The molecule has 1 aromatic heterocycles. The molecule has 5 heteroatoms. The molecule has 1 heterocycles. The Morgan fingerprint density at radius 2 is 1.92 bits per heavy atom. The van der Waals surface area contributed by atoms with Crippen molar-refractivity contribution in [2.24, 2.45) is 0 Å². The highest BCUT2D eigenvalue weighted by Gasteiger charge is 2.07. The summed E-state index contributed by atoms with van der Waals surface area (Å²) in [5, 5.41) is 1.44. The summed E-state index contributed by atoms with van der Waals surface area (Å²) in [6, 6.07) is 3.40. The largest absolute Gasteiger partial charge is 0.396 e. The molecule has 0 atom stereocenters. The normalized spacial score (nSPS) is 10.9.